The van der Waals surface area contributed by atoms with Gasteiger partial charge in [-0.15, -0.1) is 0 Å². The van der Waals surface area contributed by atoms with Crippen molar-refractivity contribution in [1.82, 2.24) is 9.88 Å². The summed E-state index contributed by atoms with van der Waals surface area (Å²) in [7, 11) is 1.71. The molecule has 0 unspecified atom stereocenters. The minimum Gasteiger partial charge on any atom is -0.495 e. The second kappa shape index (κ2) is 8.72. The van der Waals surface area contributed by atoms with Gasteiger partial charge >= 0.3 is 0 Å². The minimum absolute atomic E-state index is 0.110. The van der Waals surface area contributed by atoms with Gasteiger partial charge in [-0.25, -0.2) is 0 Å². The number of aromatic nitrogens is 1. The maximum absolute atomic E-state index is 12.9. The van der Waals surface area contributed by atoms with Crippen molar-refractivity contribution in [2.24, 2.45) is 5.92 Å². The topological polar surface area (TPSA) is 48.9 Å². The number of rotatable bonds is 4. The van der Waals surface area contributed by atoms with Gasteiger partial charge in [0.2, 0.25) is 0 Å². The van der Waals surface area contributed by atoms with Crippen LogP contribution in [0, 0.1) is 5.92 Å². The first-order chi connectivity index (χ1) is 14.2. The summed E-state index contributed by atoms with van der Waals surface area (Å²) < 4.78 is 5.51. The Morgan fingerprint density at radius 2 is 1.69 bits per heavy atom. The summed E-state index contributed by atoms with van der Waals surface area (Å²) in [5.41, 5.74) is 2.86. The molecule has 0 spiro atoms. The number of pyridine rings is 1. The van der Waals surface area contributed by atoms with Crippen molar-refractivity contribution in [2.45, 2.75) is 19.8 Å². The zero-order chi connectivity index (χ0) is 20.2. The standard InChI is InChI=1S/C23H30N4O2/c1-18-7-9-27(10-8-18)23(28)19-15-20(17-24-16-19)25-11-13-26(14-12-25)21-5-3-4-6-22(21)29-2/h3-6,15-18H,7-14H2,1-2H3. The summed E-state index contributed by atoms with van der Waals surface area (Å²) in [6.45, 7) is 7.54. The number of likely N-dealkylation sites (tertiary alicyclic amines) is 1. The first-order valence-electron chi connectivity index (χ1n) is 10.5. The zero-order valence-corrected chi connectivity index (χ0v) is 17.4. The Hall–Kier alpha value is -2.76. The van der Waals surface area contributed by atoms with Gasteiger partial charge in [-0.2, -0.15) is 0 Å². The van der Waals surface area contributed by atoms with Crippen LogP contribution in [0.2, 0.25) is 0 Å². The molecule has 0 aliphatic carbocycles. The highest BCUT2D eigenvalue weighted by Crippen LogP contribution is 2.29. The number of piperidine rings is 1. The predicted molar refractivity (Wildman–Crippen MR) is 116 cm³/mol. The second-order valence-electron chi connectivity index (χ2n) is 8.05. The molecule has 1 aromatic carbocycles. The van der Waals surface area contributed by atoms with Crippen molar-refractivity contribution in [3.8, 4) is 5.75 Å². The number of benzene rings is 1. The van der Waals surface area contributed by atoms with Crippen LogP contribution in [0.4, 0.5) is 11.4 Å². The molecule has 2 aliphatic heterocycles. The van der Waals surface area contributed by atoms with E-state index in [4.69, 9.17) is 4.74 Å². The van der Waals surface area contributed by atoms with Crippen molar-refractivity contribution in [2.75, 3.05) is 56.2 Å². The Kier molecular flexibility index (Phi) is 5.88. The fourth-order valence-electron chi connectivity index (χ4n) is 4.21. The van der Waals surface area contributed by atoms with E-state index in [0.29, 0.717) is 11.5 Å². The lowest BCUT2D eigenvalue weighted by Gasteiger charge is -2.37. The number of hydrogen-bond donors (Lipinski definition) is 0. The zero-order valence-electron chi connectivity index (χ0n) is 17.4. The number of piperazine rings is 1. The van der Waals surface area contributed by atoms with E-state index in [1.165, 1.54) is 0 Å². The molecule has 2 saturated heterocycles. The third-order valence-corrected chi connectivity index (χ3v) is 6.11. The van der Waals surface area contributed by atoms with Gasteiger partial charge in [-0.3, -0.25) is 9.78 Å². The van der Waals surface area contributed by atoms with Crippen LogP contribution in [0.5, 0.6) is 5.75 Å². The van der Waals surface area contributed by atoms with Crippen LogP contribution in [0.25, 0.3) is 0 Å². The van der Waals surface area contributed by atoms with Gasteiger partial charge in [-0.05, 0) is 37.0 Å². The number of hydrogen-bond acceptors (Lipinski definition) is 5. The molecule has 0 N–H and O–H groups in total. The van der Waals surface area contributed by atoms with Crippen LogP contribution in [-0.4, -0.2) is 62.2 Å². The molecule has 2 aromatic rings. The van der Waals surface area contributed by atoms with Crippen LogP contribution in [-0.2, 0) is 0 Å². The Labute approximate surface area is 173 Å². The Morgan fingerprint density at radius 1 is 1.00 bits per heavy atom. The number of para-hydroxylation sites is 2. The van der Waals surface area contributed by atoms with Gasteiger partial charge in [0, 0.05) is 45.5 Å². The van der Waals surface area contributed by atoms with Crippen molar-refractivity contribution >= 4 is 17.3 Å². The smallest absolute Gasteiger partial charge is 0.255 e. The van der Waals surface area contributed by atoms with Crippen LogP contribution >= 0.6 is 0 Å². The third-order valence-electron chi connectivity index (χ3n) is 6.11. The quantitative estimate of drug-likeness (QED) is 0.796. The first kappa shape index (κ1) is 19.6. The molecule has 0 bridgehead atoms. The van der Waals surface area contributed by atoms with Crippen LogP contribution in [0.15, 0.2) is 42.7 Å². The molecular formula is C23H30N4O2. The van der Waals surface area contributed by atoms with E-state index in [1.807, 2.05) is 35.4 Å². The molecule has 0 atom stereocenters. The number of nitrogens with zero attached hydrogens (tertiary/aromatic N) is 4. The molecule has 0 radical (unpaired) electrons. The van der Waals surface area contributed by atoms with Crippen molar-refractivity contribution in [1.29, 1.82) is 0 Å². The number of ether oxygens (including phenoxy) is 1. The van der Waals surface area contributed by atoms with Gasteiger partial charge in [-0.1, -0.05) is 19.1 Å². The van der Waals surface area contributed by atoms with Gasteiger partial charge in [0.1, 0.15) is 5.75 Å². The molecule has 29 heavy (non-hydrogen) atoms. The monoisotopic (exact) mass is 394 g/mol. The molecule has 4 rings (SSSR count). The summed E-state index contributed by atoms with van der Waals surface area (Å²) in [5, 5.41) is 0. The summed E-state index contributed by atoms with van der Waals surface area (Å²) >= 11 is 0. The highest BCUT2D eigenvalue weighted by atomic mass is 16.5. The van der Waals surface area contributed by atoms with E-state index < -0.39 is 0 Å². The molecular weight excluding hydrogens is 364 g/mol. The summed E-state index contributed by atoms with van der Waals surface area (Å²) in [6, 6.07) is 10.2. The number of carbonyl (C=O) groups excluding carboxylic acids is 1. The lowest BCUT2D eigenvalue weighted by atomic mass is 9.99. The highest BCUT2D eigenvalue weighted by molar-refractivity contribution is 5.94. The first-order valence-corrected chi connectivity index (χ1v) is 10.5. The van der Waals surface area contributed by atoms with E-state index in [9.17, 15) is 4.79 Å². The highest BCUT2D eigenvalue weighted by Gasteiger charge is 2.24. The second-order valence-corrected chi connectivity index (χ2v) is 8.05. The number of methoxy groups -OCH3 is 1. The largest absolute Gasteiger partial charge is 0.495 e. The third kappa shape index (κ3) is 4.31. The van der Waals surface area contributed by atoms with Gasteiger partial charge < -0.3 is 19.4 Å². The molecule has 6 heteroatoms. The van der Waals surface area contributed by atoms with Gasteiger partial charge in [0.05, 0.1) is 30.2 Å². The van der Waals surface area contributed by atoms with Crippen molar-refractivity contribution in [3.63, 3.8) is 0 Å². The Bertz CT molecular complexity index is 840. The molecule has 154 valence electrons. The van der Waals surface area contributed by atoms with Crippen LogP contribution < -0.4 is 14.5 Å². The SMILES string of the molecule is COc1ccccc1N1CCN(c2cncc(C(=O)N3CCC(C)CC3)c2)CC1. The molecule has 6 nitrogen and oxygen atoms in total. The fraction of sp³-hybridized carbons (Fsp3) is 0.478. The van der Waals surface area contributed by atoms with E-state index in [0.717, 1.165) is 69.2 Å². The van der Waals surface area contributed by atoms with Crippen molar-refractivity contribution < 1.29 is 9.53 Å². The maximum atomic E-state index is 12.9. The normalized spacial score (nSPS) is 18.1. The lowest BCUT2D eigenvalue weighted by Crippen LogP contribution is -2.46. The molecule has 3 heterocycles. The molecule has 1 amide bonds. The lowest BCUT2D eigenvalue weighted by molar-refractivity contribution is 0.0697. The van der Waals surface area contributed by atoms with Crippen LogP contribution in [0.3, 0.4) is 0 Å². The minimum atomic E-state index is 0.110. The number of anilines is 2. The summed E-state index contributed by atoms with van der Waals surface area (Å²) in [6.07, 6.45) is 5.75. The average molecular weight is 395 g/mol. The molecule has 2 aliphatic rings. The molecule has 0 saturated carbocycles. The number of amides is 1. The van der Waals surface area contributed by atoms with Gasteiger partial charge in [0.15, 0.2) is 0 Å². The predicted octanol–water partition coefficient (Wildman–Crippen LogP) is 3.29. The van der Waals surface area contributed by atoms with Crippen molar-refractivity contribution in [3.05, 3.63) is 48.3 Å². The number of carbonyl (C=O) groups is 1. The summed E-state index contributed by atoms with van der Waals surface area (Å²) in [4.78, 5) is 23.9. The van der Waals surface area contributed by atoms with Gasteiger partial charge in [0.25, 0.3) is 5.91 Å². The van der Waals surface area contributed by atoms with E-state index >= 15 is 0 Å². The Morgan fingerprint density at radius 3 is 2.41 bits per heavy atom. The molecule has 1 aromatic heterocycles. The van der Waals surface area contributed by atoms with E-state index in [1.54, 1.807) is 13.3 Å². The maximum Gasteiger partial charge on any atom is 0.255 e. The molecule has 2 fully saturated rings. The Balaban J connectivity index is 1.41. The summed E-state index contributed by atoms with van der Waals surface area (Å²) in [5.74, 6) is 1.73. The fourth-order valence-corrected chi connectivity index (χ4v) is 4.21. The van der Waals surface area contributed by atoms with E-state index in [2.05, 4.69) is 27.8 Å². The average Bonchev–Trinajstić information content (AvgIpc) is 2.79. The van der Waals surface area contributed by atoms with Crippen LogP contribution in [0.1, 0.15) is 30.1 Å². The van der Waals surface area contributed by atoms with E-state index in [-0.39, 0.29) is 5.91 Å².